The minimum atomic E-state index is -5.03. The first-order valence-electron chi connectivity index (χ1n) is 4.15. The Bertz CT molecular complexity index is 370. The van der Waals surface area contributed by atoms with Crippen LogP contribution in [0.2, 0.25) is 5.02 Å². The summed E-state index contributed by atoms with van der Waals surface area (Å²) < 4.78 is 41.2. The van der Waals surface area contributed by atoms with Crippen molar-refractivity contribution in [3.05, 3.63) is 41.3 Å². The average molecular weight is 275 g/mol. The van der Waals surface area contributed by atoms with Crippen LogP contribution in [0.3, 0.4) is 0 Å². The van der Waals surface area contributed by atoms with Gasteiger partial charge in [0.25, 0.3) is 0 Å². The minimum absolute atomic E-state index is 0. The maximum absolute atomic E-state index is 12.1. The molecule has 0 saturated carbocycles. The van der Waals surface area contributed by atoms with E-state index < -0.39 is 19.1 Å². The topological polar surface area (TPSA) is 9.23 Å². The molecule has 16 heavy (non-hydrogen) atoms. The van der Waals surface area contributed by atoms with Gasteiger partial charge in [-0.2, -0.15) is 0 Å². The fourth-order valence-corrected chi connectivity index (χ4v) is 1.01. The van der Waals surface area contributed by atoms with E-state index in [-0.39, 0.29) is 51.4 Å². The van der Waals surface area contributed by atoms with Crippen molar-refractivity contribution < 1.29 is 69.1 Å². The standard InChI is InChI=1S/C9H8BClF3O.K/c1-7(10(12,13)14)6-15-9-4-2-3-8(11)5-9;/h2-5H,1,6H2;/q-1;+1. The summed E-state index contributed by atoms with van der Waals surface area (Å²) in [4.78, 5) is 0. The molecular formula is C9H8BClF3KO. The van der Waals surface area contributed by atoms with Gasteiger partial charge in [0.2, 0.25) is 0 Å². The Morgan fingerprint density at radius 2 is 2.00 bits per heavy atom. The van der Waals surface area contributed by atoms with E-state index in [2.05, 4.69) is 6.58 Å². The van der Waals surface area contributed by atoms with Crippen molar-refractivity contribution in [2.75, 3.05) is 6.61 Å². The Morgan fingerprint density at radius 3 is 2.50 bits per heavy atom. The molecule has 0 aromatic heterocycles. The van der Waals surface area contributed by atoms with Gasteiger partial charge in [-0.15, -0.1) is 12.1 Å². The molecule has 0 aliphatic heterocycles. The summed E-state index contributed by atoms with van der Waals surface area (Å²) in [5, 5.41) is 0.413. The van der Waals surface area contributed by atoms with Crippen LogP contribution in [-0.4, -0.2) is 13.6 Å². The third-order valence-corrected chi connectivity index (χ3v) is 1.92. The minimum Gasteiger partial charge on any atom is -0.492 e. The molecule has 0 atom stereocenters. The van der Waals surface area contributed by atoms with E-state index in [0.717, 1.165) is 0 Å². The third kappa shape index (κ3) is 5.75. The summed E-state index contributed by atoms with van der Waals surface area (Å²) in [5.74, 6) is 0.295. The monoisotopic (exact) mass is 274 g/mol. The predicted molar refractivity (Wildman–Crippen MR) is 55.2 cm³/mol. The molecule has 0 unspecified atom stereocenters. The van der Waals surface area contributed by atoms with Crippen LogP contribution in [0.15, 0.2) is 36.3 Å². The molecule has 0 spiro atoms. The molecule has 0 heterocycles. The molecule has 0 aliphatic carbocycles. The predicted octanol–water partition coefficient (Wildman–Crippen LogP) is 0.666. The molecule has 0 N–H and O–H groups in total. The van der Waals surface area contributed by atoms with Crippen LogP contribution >= 0.6 is 11.6 Å². The molecule has 1 aromatic carbocycles. The van der Waals surface area contributed by atoms with Crippen molar-refractivity contribution in [3.8, 4) is 5.75 Å². The molecule has 0 saturated heterocycles. The Balaban J connectivity index is 0.00000225. The van der Waals surface area contributed by atoms with Gasteiger partial charge in [-0.05, 0) is 18.2 Å². The van der Waals surface area contributed by atoms with Gasteiger partial charge in [-0.25, -0.2) is 0 Å². The maximum Gasteiger partial charge on any atom is 1.00 e. The molecule has 7 heteroatoms. The second-order valence-electron chi connectivity index (χ2n) is 2.98. The van der Waals surface area contributed by atoms with Crippen LogP contribution in [0, 0.1) is 0 Å². The second-order valence-corrected chi connectivity index (χ2v) is 3.42. The van der Waals surface area contributed by atoms with E-state index in [9.17, 15) is 12.9 Å². The van der Waals surface area contributed by atoms with Crippen LogP contribution in [0.4, 0.5) is 12.9 Å². The average Bonchev–Trinajstić information content (AvgIpc) is 2.12. The van der Waals surface area contributed by atoms with Crippen LogP contribution < -0.4 is 56.1 Å². The molecular weight excluding hydrogens is 266 g/mol. The van der Waals surface area contributed by atoms with Gasteiger partial charge in [0.15, 0.2) is 0 Å². The SMILES string of the molecule is C=C(COc1cccc(Cl)c1)[B-](F)(F)F.[K+]. The number of halogens is 4. The smallest absolute Gasteiger partial charge is 0.492 e. The van der Waals surface area contributed by atoms with Crippen molar-refractivity contribution in [2.45, 2.75) is 0 Å². The number of hydrogen-bond donors (Lipinski definition) is 0. The third-order valence-electron chi connectivity index (χ3n) is 1.68. The van der Waals surface area contributed by atoms with E-state index in [1.54, 1.807) is 12.1 Å². The van der Waals surface area contributed by atoms with Gasteiger partial charge >= 0.3 is 58.4 Å². The fourth-order valence-electron chi connectivity index (χ4n) is 0.827. The zero-order valence-electron chi connectivity index (χ0n) is 8.72. The van der Waals surface area contributed by atoms with Crippen LogP contribution in [0.25, 0.3) is 0 Å². The Hall–Kier alpha value is 0.541. The summed E-state index contributed by atoms with van der Waals surface area (Å²) in [6, 6.07) is 6.18. The summed E-state index contributed by atoms with van der Waals surface area (Å²) in [5.41, 5.74) is -0.866. The number of rotatable bonds is 4. The van der Waals surface area contributed by atoms with E-state index >= 15 is 0 Å². The summed E-state index contributed by atoms with van der Waals surface area (Å²) in [6.07, 6.45) is 0. The van der Waals surface area contributed by atoms with E-state index in [1.807, 2.05) is 0 Å². The molecule has 0 amide bonds. The van der Waals surface area contributed by atoms with Crippen molar-refractivity contribution in [1.29, 1.82) is 0 Å². The molecule has 1 aromatic rings. The molecule has 0 bridgehead atoms. The number of benzene rings is 1. The second kappa shape index (κ2) is 7.08. The molecule has 1 rings (SSSR count). The maximum atomic E-state index is 12.1. The summed E-state index contributed by atoms with van der Waals surface area (Å²) in [6.45, 7) is -2.69. The van der Waals surface area contributed by atoms with Crippen LogP contribution in [-0.2, 0) is 0 Å². The Labute approximate surface area is 139 Å². The van der Waals surface area contributed by atoms with Crippen LogP contribution in [0.1, 0.15) is 0 Å². The first-order chi connectivity index (χ1) is 6.89. The molecule has 1 nitrogen and oxygen atoms in total. The quantitative estimate of drug-likeness (QED) is 0.733. The van der Waals surface area contributed by atoms with Gasteiger partial charge < -0.3 is 17.7 Å². The van der Waals surface area contributed by atoms with Crippen LogP contribution in [0.5, 0.6) is 5.75 Å². The zero-order chi connectivity index (χ0) is 11.5. The van der Waals surface area contributed by atoms with E-state index in [4.69, 9.17) is 16.3 Å². The van der Waals surface area contributed by atoms with Gasteiger partial charge in [0, 0.05) is 5.02 Å². The van der Waals surface area contributed by atoms with Gasteiger partial charge in [0.05, 0.1) is 6.61 Å². The zero-order valence-corrected chi connectivity index (χ0v) is 12.6. The van der Waals surface area contributed by atoms with E-state index in [0.29, 0.717) is 10.8 Å². The van der Waals surface area contributed by atoms with E-state index in [1.165, 1.54) is 12.1 Å². The number of hydrogen-bond acceptors (Lipinski definition) is 1. The normalized spacial score (nSPS) is 10.5. The fraction of sp³-hybridized carbons (Fsp3) is 0.111. The first kappa shape index (κ1) is 16.5. The summed E-state index contributed by atoms with van der Waals surface area (Å²) >= 11 is 5.63. The Morgan fingerprint density at radius 1 is 1.38 bits per heavy atom. The van der Waals surface area contributed by atoms with Crippen molar-refractivity contribution in [3.63, 3.8) is 0 Å². The molecule has 0 radical (unpaired) electrons. The van der Waals surface area contributed by atoms with Gasteiger partial charge in [-0.1, -0.05) is 17.7 Å². The first-order valence-corrected chi connectivity index (χ1v) is 4.53. The van der Waals surface area contributed by atoms with Gasteiger partial charge in [-0.3, -0.25) is 0 Å². The van der Waals surface area contributed by atoms with Crippen molar-refractivity contribution in [1.82, 2.24) is 0 Å². The molecule has 0 fully saturated rings. The van der Waals surface area contributed by atoms with Crippen molar-refractivity contribution in [2.24, 2.45) is 0 Å². The number of ether oxygens (including phenoxy) is 1. The molecule has 82 valence electrons. The largest absolute Gasteiger partial charge is 1.00 e. The van der Waals surface area contributed by atoms with Gasteiger partial charge in [0.1, 0.15) is 5.75 Å². The Kier molecular flexibility index (Phi) is 7.32. The summed E-state index contributed by atoms with van der Waals surface area (Å²) in [7, 11) is 0. The van der Waals surface area contributed by atoms with Crippen molar-refractivity contribution >= 4 is 18.6 Å². The molecule has 0 aliphatic rings.